The predicted molar refractivity (Wildman–Crippen MR) is 80.2 cm³/mol. The van der Waals surface area contributed by atoms with Crippen LogP contribution in [-0.4, -0.2) is 29.4 Å². The molecule has 0 spiro atoms. The lowest BCUT2D eigenvalue weighted by Gasteiger charge is -2.01. The van der Waals surface area contributed by atoms with Crippen LogP contribution in [-0.2, 0) is 7.05 Å². The number of hydrogen-bond acceptors (Lipinski definition) is 4. The lowest BCUT2D eigenvalue weighted by molar-refractivity contribution is 0.636. The van der Waals surface area contributed by atoms with Crippen molar-refractivity contribution < 1.29 is 4.39 Å². The fourth-order valence-corrected chi connectivity index (χ4v) is 2.60. The highest BCUT2D eigenvalue weighted by molar-refractivity contribution is 6.29. The quantitative estimate of drug-likeness (QED) is 0.507. The second-order valence-electron chi connectivity index (χ2n) is 4.95. The van der Waals surface area contributed by atoms with Crippen molar-refractivity contribution >= 4 is 28.2 Å². The zero-order chi connectivity index (χ0) is 15.4. The molecule has 0 fully saturated rings. The summed E-state index contributed by atoms with van der Waals surface area (Å²) in [5.41, 5.74) is 2.37. The molecule has 0 saturated heterocycles. The Morgan fingerprint density at radius 2 is 2.05 bits per heavy atom. The van der Waals surface area contributed by atoms with Crippen molar-refractivity contribution in [3.05, 3.63) is 41.2 Å². The van der Waals surface area contributed by atoms with Crippen LogP contribution in [0.5, 0.6) is 0 Å². The number of aromatic nitrogens is 6. The summed E-state index contributed by atoms with van der Waals surface area (Å²) in [5, 5.41) is 9.17. The highest BCUT2D eigenvalue weighted by Gasteiger charge is 2.17. The second-order valence-corrected chi connectivity index (χ2v) is 5.29. The standard InChI is InChI=1S/C14H10ClFN6/c1-7-9(6-17-21(7)2)12-19-13-8-4-3-5-10(16)11(8)18-14(15)22(13)20-12/h3-6H,1-2H3. The molecular formula is C14H10ClFN6. The zero-order valence-electron chi connectivity index (χ0n) is 11.7. The SMILES string of the molecule is Cc1c(-c2nc3c4cccc(F)c4nc(Cl)n3n2)cnn1C. The van der Waals surface area contributed by atoms with Gasteiger partial charge in [-0.2, -0.15) is 9.61 Å². The van der Waals surface area contributed by atoms with Crippen molar-refractivity contribution in [3.8, 4) is 11.4 Å². The number of benzene rings is 1. The molecule has 0 bridgehead atoms. The molecule has 0 amide bonds. The number of para-hydroxylation sites is 1. The monoisotopic (exact) mass is 316 g/mol. The van der Waals surface area contributed by atoms with Gasteiger partial charge in [-0.05, 0) is 30.7 Å². The van der Waals surface area contributed by atoms with E-state index in [1.165, 1.54) is 10.6 Å². The topological polar surface area (TPSA) is 60.9 Å². The van der Waals surface area contributed by atoms with Crippen LogP contribution in [0.4, 0.5) is 4.39 Å². The van der Waals surface area contributed by atoms with Crippen molar-refractivity contribution in [1.82, 2.24) is 29.4 Å². The molecule has 0 N–H and O–H groups in total. The molecule has 110 valence electrons. The Labute approximate surface area is 129 Å². The molecule has 0 radical (unpaired) electrons. The normalized spacial score (nSPS) is 11.6. The first-order valence-electron chi connectivity index (χ1n) is 6.55. The van der Waals surface area contributed by atoms with Crippen LogP contribution in [0, 0.1) is 12.7 Å². The van der Waals surface area contributed by atoms with E-state index in [1.807, 2.05) is 14.0 Å². The van der Waals surface area contributed by atoms with E-state index in [1.54, 1.807) is 23.0 Å². The summed E-state index contributed by atoms with van der Waals surface area (Å²) >= 11 is 6.12. The lowest BCUT2D eigenvalue weighted by Crippen LogP contribution is -1.96. The minimum Gasteiger partial charge on any atom is -0.272 e. The molecule has 0 aliphatic rings. The molecule has 4 rings (SSSR count). The number of hydrogen-bond donors (Lipinski definition) is 0. The number of nitrogens with zero attached hydrogens (tertiary/aromatic N) is 6. The highest BCUT2D eigenvalue weighted by atomic mass is 35.5. The van der Waals surface area contributed by atoms with E-state index in [9.17, 15) is 4.39 Å². The van der Waals surface area contributed by atoms with Gasteiger partial charge in [0.1, 0.15) is 11.3 Å². The van der Waals surface area contributed by atoms with E-state index < -0.39 is 5.82 Å². The van der Waals surface area contributed by atoms with Crippen LogP contribution in [0.15, 0.2) is 24.4 Å². The third-order valence-electron chi connectivity index (χ3n) is 3.69. The fraction of sp³-hybridized carbons (Fsp3) is 0.143. The van der Waals surface area contributed by atoms with Crippen LogP contribution in [0.25, 0.3) is 27.9 Å². The molecule has 0 aliphatic carbocycles. The number of aryl methyl sites for hydroxylation is 1. The first-order valence-corrected chi connectivity index (χ1v) is 6.93. The smallest absolute Gasteiger partial charge is 0.226 e. The summed E-state index contributed by atoms with van der Waals surface area (Å²) < 4.78 is 17.0. The van der Waals surface area contributed by atoms with Gasteiger partial charge in [-0.3, -0.25) is 4.68 Å². The van der Waals surface area contributed by atoms with Gasteiger partial charge in [0.25, 0.3) is 0 Å². The van der Waals surface area contributed by atoms with Gasteiger partial charge in [0.2, 0.25) is 5.28 Å². The number of halogens is 2. The minimum atomic E-state index is -0.441. The molecule has 6 nitrogen and oxygen atoms in total. The molecule has 0 aliphatic heterocycles. The Morgan fingerprint density at radius 3 is 2.77 bits per heavy atom. The van der Waals surface area contributed by atoms with Gasteiger partial charge in [0.05, 0.1) is 11.8 Å². The molecular weight excluding hydrogens is 307 g/mol. The van der Waals surface area contributed by atoms with Crippen molar-refractivity contribution in [2.45, 2.75) is 6.92 Å². The molecule has 3 heterocycles. The van der Waals surface area contributed by atoms with E-state index in [0.717, 1.165) is 11.3 Å². The maximum absolute atomic E-state index is 13.9. The summed E-state index contributed by atoms with van der Waals surface area (Å²) in [6.45, 7) is 1.92. The predicted octanol–water partition coefficient (Wildman–Crippen LogP) is 2.78. The van der Waals surface area contributed by atoms with Crippen LogP contribution >= 0.6 is 11.6 Å². The van der Waals surface area contributed by atoms with Crippen molar-refractivity contribution in [2.24, 2.45) is 7.05 Å². The van der Waals surface area contributed by atoms with Crippen LogP contribution in [0.3, 0.4) is 0 Å². The van der Waals surface area contributed by atoms with Gasteiger partial charge in [-0.25, -0.2) is 14.4 Å². The second kappa shape index (κ2) is 4.48. The van der Waals surface area contributed by atoms with E-state index in [2.05, 4.69) is 20.2 Å². The molecule has 3 aromatic heterocycles. The van der Waals surface area contributed by atoms with E-state index in [4.69, 9.17) is 11.6 Å². The summed E-state index contributed by atoms with van der Waals surface area (Å²) in [7, 11) is 1.84. The molecule has 8 heteroatoms. The molecule has 22 heavy (non-hydrogen) atoms. The van der Waals surface area contributed by atoms with Gasteiger partial charge in [0, 0.05) is 18.1 Å². The third kappa shape index (κ3) is 1.72. The molecule has 0 saturated carbocycles. The molecule has 1 aromatic carbocycles. The van der Waals surface area contributed by atoms with Gasteiger partial charge in [0.15, 0.2) is 11.5 Å². The van der Waals surface area contributed by atoms with Crippen molar-refractivity contribution in [1.29, 1.82) is 0 Å². The summed E-state index contributed by atoms with van der Waals surface area (Å²) in [6.07, 6.45) is 1.69. The van der Waals surface area contributed by atoms with Gasteiger partial charge < -0.3 is 0 Å². The van der Waals surface area contributed by atoms with Crippen LogP contribution < -0.4 is 0 Å². The molecule has 0 atom stereocenters. The Kier molecular flexibility index (Phi) is 2.67. The first-order chi connectivity index (χ1) is 10.6. The van der Waals surface area contributed by atoms with Gasteiger partial charge in [-0.15, -0.1) is 5.10 Å². The summed E-state index contributed by atoms with van der Waals surface area (Å²) in [6, 6.07) is 4.69. The molecule has 4 aromatic rings. The maximum Gasteiger partial charge on any atom is 0.226 e. The van der Waals surface area contributed by atoms with Gasteiger partial charge >= 0.3 is 0 Å². The van der Waals surface area contributed by atoms with Gasteiger partial charge in [-0.1, -0.05) is 6.07 Å². The Morgan fingerprint density at radius 1 is 1.23 bits per heavy atom. The summed E-state index contributed by atoms with van der Waals surface area (Å²) in [5.74, 6) is 0.0371. The minimum absolute atomic E-state index is 0.0629. The van der Waals surface area contributed by atoms with E-state index >= 15 is 0 Å². The van der Waals surface area contributed by atoms with Crippen molar-refractivity contribution in [2.75, 3.05) is 0 Å². The summed E-state index contributed by atoms with van der Waals surface area (Å²) in [4.78, 5) is 8.56. The first kappa shape index (κ1) is 13.1. The third-order valence-corrected chi connectivity index (χ3v) is 3.93. The largest absolute Gasteiger partial charge is 0.272 e. The maximum atomic E-state index is 13.9. The van der Waals surface area contributed by atoms with Crippen LogP contribution in [0.2, 0.25) is 5.28 Å². The van der Waals surface area contributed by atoms with Crippen molar-refractivity contribution in [3.63, 3.8) is 0 Å². The molecule has 0 unspecified atom stereocenters. The lowest BCUT2D eigenvalue weighted by atomic mass is 10.2. The average Bonchev–Trinajstić information content (AvgIpc) is 3.06. The highest BCUT2D eigenvalue weighted by Crippen LogP contribution is 2.26. The average molecular weight is 317 g/mol. The Hall–Kier alpha value is -2.54. The van der Waals surface area contributed by atoms with E-state index in [0.29, 0.717) is 16.9 Å². The number of fused-ring (bicyclic) bond motifs is 3. The Balaban J connectivity index is 2.09. The van der Waals surface area contributed by atoms with Crippen LogP contribution in [0.1, 0.15) is 5.69 Å². The Bertz CT molecular complexity index is 1030. The zero-order valence-corrected chi connectivity index (χ0v) is 12.5. The fourth-order valence-electron chi connectivity index (χ4n) is 2.40. The number of rotatable bonds is 1. The van der Waals surface area contributed by atoms with E-state index in [-0.39, 0.29) is 10.8 Å².